The number of ketones is 1. The monoisotopic (exact) mass is 566 g/mol. The molecular formula is C32H30F4N2O3. The number of fused-ring (bicyclic) bond motifs is 1. The van der Waals surface area contributed by atoms with Gasteiger partial charge in [0, 0.05) is 36.6 Å². The van der Waals surface area contributed by atoms with Crippen LogP contribution in [0.2, 0.25) is 0 Å². The molecule has 0 radical (unpaired) electrons. The average molecular weight is 567 g/mol. The molecule has 0 saturated heterocycles. The first-order valence-electron chi connectivity index (χ1n) is 13.7. The molecule has 5 rings (SSSR count). The Morgan fingerprint density at radius 3 is 2.44 bits per heavy atom. The number of aryl methyl sites for hydroxylation is 1. The summed E-state index contributed by atoms with van der Waals surface area (Å²) >= 11 is 0. The van der Waals surface area contributed by atoms with E-state index in [2.05, 4.69) is 17.2 Å². The summed E-state index contributed by atoms with van der Waals surface area (Å²) in [4.78, 5) is 30.7. The highest BCUT2D eigenvalue weighted by molar-refractivity contribution is 6.11. The van der Waals surface area contributed by atoms with Gasteiger partial charge in [-0.15, -0.1) is 0 Å². The molecule has 2 heterocycles. The number of benzene rings is 2. The van der Waals surface area contributed by atoms with Gasteiger partial charge < -0.3 is 9.73 Å². The Balaban J connectivity index is 1.64. The second-order valence-corrected chi connectivity index (χ2v) is 10.6. The van der Waals surface area contributed by atoms with Crippen LogP contribution >= 0.6 is 0 Å². The van der Waals surface area contributed by atoms with Gasteiger partial charge >= 0.3 is 6.18 Å². The van der Waals surface area contributed by atoms with Crippen molar-refractivity contribution in [1.82, 2.24) is 10.3 Å². The summed E-state index contributed by atoms with van der Waals surface area (Å²) in [6.45, 7) is 2.08. The molecule has 5 nitrogen and oxygen atoms in total. The number of furan rings is 1. The van der Waals surface area contributed by atoms with Crippen molar-refractivity contribution < 1.29 is 31.6 Å². The zero-order valence-corrected chi connectivity index (χ0v) is 22.8. The fourth-order valence-electron chi connectivity index (χ4n) is 5.34. The van der Waals surface area contributed by atoms with Crippen molar-refractivity contribution >= 4 is 22.8 Å². The van der Waals surface area contributed by atoms with E-state index in [0.717, 1.165) is 19.3 Å². The van der Waals surface area contributed by atoms with E-state index in [1.807, 2.05) is 0 Å². The zero-order valence-electron chi connectivity index (χ0n) is 22.8. The van der Waals surface area contributed by atoms with Gasteiger partial charge in [-0.2, -0.15) is 13.2 Å². The maximum absolute atomic E-state index is 13.6. The van der Waals surface area contributed by atoms with Gasteiger partial charge in [0.2, 0.25) is 5.71 Å². The fraction of sp³-hybridized carbons (Fsp3) is 0.344. The lowest BCUT2D eigenvalue weighted by Crippen LogP contribution is -2.18. The van der Waals surface area contributed by atoms with Crippen LogP contribution in [-0.4, -0.2) is 29.9 Å². The third kappa shape index (κ3) is 6.34. The highest BCUT2D eigenvalue weighted by atomic mass is 19.4. The number of hydrogen-bond donors (Lipinski definition) is 1. The lowest BCUT2D eigenvalue weighted by atomic mass is 9.90. The van der Waals surface area contributed by atoms with E-state index in [-0.39, 0.29) is 28.5 Å². The molecule has 1 amide bonds. The summed E-state index contributed by atoms with van der Waals surface area (Å²) < 4.78 is 59.4. The third-order valence-corrected chi connectivity index (χ3v) is 7.72. The topological polar surface area (TPSA) is 72.2 Å². The molecule has 1 atom stereocenters. The largest absolute Gasteiger partial charge is 0.437 e. The summed E-state index contributed by atoms with van der Waals surface area (Å²) in [6.07, 6.45) is -2.33. The van der Waals surface area contributed by atoms with Gasteiger partial charge in [0.15, 0.2) is 5.78 Å². The van der Waals surface area contributed by atoms with Gasteiger partial charge in [0.1, 0.15) is 11.6 Å². The molecule has 1 aliphatic rings. The molecule has 1 saturated carbocycles. The molecule has 0 spiro atoms. The molecule has 9 heteroatoms. The number of nitrogens with zero attached hydrogens (tertiary/aromatic N) is 1. The predicted molar refractivity (Wildman–Crippen MR) is 148 cm³/mol. The fourth-order valence-corrected chi connectivity index (χ4v) is 5.34. The minimum absolute atomic E-state index is 0.00805. The highest BCUT2D eigenvalue weighted by Gasteiger charge is 2.32. The van der Waals surface area contributed by atoms with Crippen LogP contribution in [0.3, 0.4) is 0 Å². The number of hydrogen-bond acceptors (Lipinski definition) is 4. The van der Waals surface area contributed by atoms with Crippen molar-refractivity contribution in [3.8, 4) is 22.5 Å². The Kier molecular flexibility index (Phi) is 7.98. The molecule has 41 heavy (non-hydrogen) atoms. The van der Waals surface area contributed by atoms with Crippen molar-refractivity contribution in [2.45, 2.75) is 51.6 Å². The maximum Gasteiger partial charge on any atom is 0.389 e. The summed E-state index contributed by atoms with van der Waals surface area (Å²) in [7, 11) is 1.45. The van der Waals surface area contributed by atoms with Crippen LogP contribution in [0.15, 0.2) is 59.0 Å². The number of rotatable bonds is 10. The van der Waals surface area contributed by atoms with Crippen molar-refractivity contribution in [2.75, 3.05) is 7.05 Å². The predicted octanol–water partition coefficient (Wildman–Crippen LogP) is 8.16. The molecule has 2 aromatic carbocycles. The van der Waals surface area contributed by atoms with Crippen LogP contribution in [0.1, 0.15) is 65.4 Å². The van der Waals surface area contributed by atoms with E-state index >= 15 is 0 Å². The lowest BCUT2D eigenvalue weighted by molar-refractivity contribution is -0.134. The zero-order chi connectivity index (χ0) is 29.3. The van der Waals surface area contributed by atoms with Crippen LogP contribution in [-0.2, 0) is 6.42 Å². The van der Waals surface area contributed by atoms with Gasteiger partial charge in [-0.25, -0.2) is 9.37 Å². The molecule has 0 bridgehead atoms. The number of pyridine rings is 1. The molecule has 214 valence electrons. The SMILES string of the molecule is CC[C@H](CC(=O)c1cccc(-c2cc3c(C(=O)NC)c(-c4ccc(F)cc4)oc3nc2CCC(F)(F)F)c1)C1CC1. The van der Waals surface area contributed by atoms with E-state index in [4.69, 9.17) is 4.42 Å². The van der Waals surface area contributed by atoms with Gasteiger partial charge in [-0.3, -0.25) is 9.59 Å². The maximum atomic E-state index is 13.6. The molecular weight excluding hydrogens is 536 g/mol. The van der Waals surface area contributed by atoms with Crippen molar-refractivity contribution in [3.05, 3.63) is 77.2 Å². The summed E-state index contributed by atoms with van der Waals surface area (Å²) in [5.41, 5.74) is 2.05. The Bertz CT molecular complexity index is 1590. The first kappa shape index (κ1) is 28.5. The van der Waals surface area contributed by atoms with Crippen LogP contribution in [0, 0.1) is 17.7 Å². The van der Waals surface area contributed by atoms with Crippen LogP contribution in [0.25, 0.3) is 33.6 Å². The first-order chi connectivity index (χ1) is 19.6. The minimum atomic E-state index is -4.42. The van der Waals surface area contributed by atoms with Crippen LogP contribution < -0.4 is 5.32 Å². The van der Waals surface area contributed by atoms with Crippen LogP contribution in [0.4, 0.5) is 17.6 Å². The Morgan fingerprint density at radius 1 is 1.07 bits per heavy atom. The van der Waals surface area contributed by atoms with Crippen molar-refractivity contribution in [2.24, 2.45) is 11.8 Å². The van der Waals surface area contributed by atoms with Gasteiger partial charge in [-0.05, 0) is 73.1 Å². The third-order valence-electron chi connectivity index (χ3n) is 7.72. The van der Waals surface area contributed by atoms with E-state index in [9.17, 15) is 27.2 Å². The Morgan fingerprint density at radius 2 is 1.80 bits per heavy atom. The Hall–Kier alpha value is -4.01. The van der Waals surface area contributed by atoms with Crippen LogP contribution in [0.5, 0.6) is 0 Å². The lowest BCUT2D eigenvalue weighted by Gasteiger charge is -2.14. The second kappa shape index (κ2) is 11.5. The molecule has 1 aliphatic carbocycles. The summed E-state index contributed by atoms with van der Waals surface area (Å²) in [5.74, 6) is 0.0426. The number of amides is 1. The molecule has 4 aromatic rings. The molecule has 0 unspecified atom stereocenters. The molecule has 0 aliphatic heterocycles. The average Bonchev–Trinajstić information content (AvgIpc) is 3.74. The number of carbonyl (C=O) groups excluding carboxylic acids is 2. The normalized spacial score (nSPS) is 14.3. The van der Waals surface area contributed by atoms with Gasteiger partial charge in [0.25, 0.3) is 5.91 Å². The molecule has 1 fully saturated rings. The standard InChI is InChI=1S/C32H30F4N2O3/c1-3-18(19-7-8-19)16-27(39)22-6-4-5-21(15-22)24-17-25-28(30(40)37-2)29(20-9-11-23(33)12-10-20)41-31(25)38-26(24)13-14-32(34,35)36/h4-6,9-12,15,17-19H,3,7-8,13-14,16H2,1-2H3,(H,37,40)/t18-/m1/s1. The number of aromatic nitrogens is 1. The molecule has 2 aromatic heterocycles. The second-order valence-electron chi connectivity index (χ2n) is 10.6. The van der Waals surface area contributed by atoms with Crippen molar-refractivity contribution in [1.29, 1.82) is 0 Å². The summed E-state index contributed by atoms with van der Waals surface area (Å²) in [5, 5.41) is 2.86. The quantitative estimate of drug-likeness (QED) is 0.155. The first-order valence-corrected chi connectivity index (χ1v) is 13.7. The highest BCUT2D eigenvalue weighted by Crippen LogP contribution is 2.41. The van der Waals surface area contributed by atoms with E-state index in [1.54, 1.807) is 30.3 Å². The number of halogens is 4. The number of Topliss-reactive ketones (excluding diaryl/α,β-unsaturated/α-hetero) is 1. The number of carbonyl (C=O) groups is 2. The van der Waals surface area contributed by atoms with E-state index in [0.29, 0.717) is 45.9 Å². The molecule has 1 N–H and O–H groups in total. The number of alkyl halides is 3. The van der Waals surface area contributed by atoms with Crippen molar-refractivity contribution in [3.63, 3.8) is 0 Å². The smallest absolute Gasteiger partial charge is 0.389 e. The Labute approximate surface area is 235 Å². The number of nitrogens with one attached hydrogen (secondary N) is 1. The van der Waals surface area contributed by atoms with Gasteiger partial charge in [0.05, 0.1) is 16.6 Å². The van der Waals surface area contributed by atoms with Gasteiger partial charge in [-0.1, -0.05) is 31.5 Å². The van der Waals surface area contributed by atoms with E-state index < -0.39 is 30.7 Å². The van der Waals surface area contributed by atoms with E-state index in [1.165, 1.54) is 31.3 Å². The summed E-state index contributed by atoms with van der Waals surface area (Å²) in [6, 6.07) is 13.8. The minimum Gasteiger partial charge on any atom is -0.437 e.